The van der Waals surface area contributed by atoms with Gasteiger partial charge in [-0.1, -0.05) is 116 Å². The fourth-order valence-electron chi connectivity index (χ4n) is 4.96. The van der Waals surface area contributed by atoms with E-state index in [1.807, 2.05) is 0 Å². The molecule has 0 heterocycles. The fourth-order valence-corrected chi connectivity index (χ4v) is 5.83. The van der Waals surface area contributed by atoms with E-state index in [0.29, 0.717) is 11.3 Å². The predicted octanol–water partition coefficient (Wildman–Crippen LogP) is 10.9. The van der Waals surface area contributed by atoms with Crippen LogP contribution in [-0.4, -0.2) is 3.21 Å². The van der Waals surface area contributed by atoms with Crippen LogP contribution in [0.2, 0.25) is 0 Å². The molecule has 1 unspecified atom stereocenters. The first-order valence-corrected chi connectivity index (χ1v) is 15.8. The number of hydrogen-bond acceptors (Lipinski definition) is 0. The van der Waals surface area contributed by atoms with Crippen LogP contribution in [0.25, 0.3) is 21.5 Å². The van der Waals surface area contributed by atoms with Crippen molar-refractivity contribution >= 4 is 24.8 Å². The van der Waals surface area contributed by atoms with E-state index in [9.17, 15) is 0 Å². The van der Waals surface area contributed by atoms with Crippen LogP contribution in [0.1, 0.15) is 112 Å². The van der Waals surface area contributed by atoms with E-state index < -0.39 is 0 Å². The molecule has 0 radical (unpaired) electrons. The van der Waals surface area contributed by atoms with Gasteiger partial charge in [0.25, 0.3) is 0 Å². The van der Waals surface area contributed by atoms with E-state index >= 15 is 0 Å². The molecule has 202 valence electrons. The Morgan fingerprint density at radius 1 is 0.711 bits per heavy atom. The topological polar surface area (TPSA) is 0 Å². The first kappa shape index (κ1) is 31.1. The van der Waals surface area contributed by atoms with Gasteiger partial charge in [0.1, 0.15) is 0 Å². The van der Waals surface area contributed by atoms with Crippen molar-refractivity contribution in [3.8, 4) is 0 Å². The van der Waals surface area contributed by atoms with Crippen molar-refractivity contribution in [3.05, 3.63) is 77.4 Å². The molecule has 1 heteroatoms. The molecule has 38 heavy (non-hydrogen) atoms. The third-order valence-corrected chi connectivity index (χ3v) is 8.92. The molecule has 2 aliphatic carbocycles. The quantitative estimate of drug-likeness (QED) is 0.230. The van der Waals surface area contributed by atoms with Crippen molar-refractivity contribution < 1.29 is 24.2 Å². The Morgan fingerprint density at radius 3 is 1.47 bits per heavy atom. The van der Waals surface area contributed by atoms with Crippen LogP contribution in [0.4, 0.5) is 0 Å². The van der Waals surface area contributed by atoms with E-state index in [-0.39, 0.29) is 10.8 Å². The van der Waals surface area contributed by atoms with Crippen LogP contribution in [0.3, 0.4) is 0 Å². The van der Waals surface area contributed by atoms with Gasteiger partial charge < -0.3 is 0 Å². The molecule has 0 nitrogen and oxygen atoms in total. The summed E-state index contributed by atoms with van der Waals surface area (Å²) in [4.78, 5) is 0. The van der Waals surface area contributed by atoms with Gasteiger partial charge in [0, 0.05) is 0 Å². The van der Waals surface area contributed by atoms with Gasteiger partial charge in [0.15, 0.2) is 0 Å². The van der Waals surface area contributed by atoms with Crippen LogP contribution in [0.5, 0.6) is 0 Å². The molecular formula is C37H50Zr. The zero-order valence-corrected chi connectivity index (χ0v) is 28.3. The summed E-state index contributed by atoms with van der Waals surface area (Å²) < 4.78 is 1.80. The predicted molar refractivity (Wildman–Crippen MR) is 167 cm³/mol. The van der Waals surface area contributed by atoms with E-state index in [2.05, 4.69) is 130 Å². The summed E-state index contributed by atoms with van der Waals surface area (Å²) in [7, 11) is 0. The standard InChI is InChI=1S/C21H25.C10H15.C6H10.Zr/c1-20(2,3)16-9-7-14-11-15-8-10-17(21(4,5)6)13-19(15)18(14)12-16;1-8-5-6-9(7-8)10(2,3)4;1-2-4-6-5-3-1;/h7-13H,1-6H3;6-8H,1-4H3;1-5H2;/q2*-1;;+2. The minimum atomic E-state index is 0.194. The van der Waals surface area contributed by atoms with Crippen LogP contribution < -0.4 is 0 Å². The number of benzene rings is 2. The Hall–Kier alpha value is -1.46. The molecule has 3 aromatic carbocycles. The Labute approximate surface area is 248 Å². The minimum absolute atomic E-state index is 0.194. The van der Waals surface area contributed by atoms with Crippen LogP contribution >= 0.6 is 0 Å². The van der Waals surface area contributed by atoms with Gasteiger partial charge in [0.05, 0.1) is 0 Å². The first-order valence-electron chi connectivity index (χ1n) is 14.6. The summed E-state index contributed by atoms with van der Waals surface area (Å²) in [5.74, 6) is 0.522. The Kier molecular flexibility index (Phi) is 10.1. The first-order chi connectivity index (χ1) is 17.6. The molecule has 0 N–H and O–H groups in total. The molecule has 3 aromatic rings. The number of fused-ring (bicyclic) bond motifs is 3. The molecular weight excluding hydrogens is 536 g/mol. The van der Waals surface area contributed by atoms with Gasteiger partial charge in [-0.25, -0.2) is 6.08 Å². The second-order valence-electron chi connectivity index (χ2n) is 14.4. The number of rotatable bonds is 0. The maximum absolute atomic E-state index is 3.26. The molecule has 0 saturated heterocycles. The van der Waals surface area contributed by atoms with Gasteiger partial charge in [0.2, 0.25) is 0 Å². The second kappa shape index (κ2) is 12.4. The van der Waals surface area contributed by atoms with Crippen molar-refractivity contribution in [2.45, 2.75) is 112 Å². The maximum atomic E-state index is 3.26. The third-order valence-electron chi connectivity index (χ3n) is 7.69. The van der Waals surface area contributed by atoms with Gasteiger partial charge >= 0.3 is 59.5 Å². The van der Waals surface area contributed by atoms with E-state index in [1.54, 1.807) is 27.4 Å². The van der Waals surface area contributed by atoms with Crippen LogP contribution in [-0.2, 0) is 35.1 Å². The zero-order chi connectivity index (χ0) is 28.3. The Balaban J connectivity index is 0.000000194. The molecule has 1 fully saturated rings. The van der Waals surface area contributed by atoms with E-state index in [0.717, 1.165) is 0 Å². The average Bonchev–Trinajstić information content (AvgIpc) is 3.42. The summed E-state index contributed by atoms with van der Waals surface area (Å²) >= 11 is 1.69. The molecule has 0 aromatic heterocycles. The molecule has 1 saturated carbocycles. The van der Waals surface area contributed by atoms with Gasteiger partial charge in [-0.15, -0.1) is 39.7 Å². The molecule has 0 amide bonds. The normalized spacial score (nSPS) is 18.2. The van der Waals surface area contributed by atoms with Crippen molar-refractivity contribution in [2.24, 2.45) is 11.3 Å². The summed E-state index contributed by atoms with van der Waals surface area (Å²) in [5.41, 5.74) is 4.92. The van der Waals surface area contributed by atoms with Crippen molar-refractivity contribution in [1.29, 1.82) is 0 Å². The summed E-state index contributed by atoms with van der Waals surface area (Å²) in [6.45, 7) is 22.5. The molecule has 1 atom stereocenters. The monoisotopic (exact) mass is 584 g/mol. The van der Waals surface area contributed by atoms with E-state index in [4.69, 9.17) is 0 Å². The van der Waals surface area contributed by atoms with Crippen LogP contribution in [0, 0.1) is 17.4 Å². The SMILES string of the molecule is CC(C)(C)c1ccc2[cH-]c3ccc(C(C)(C)C)cc3c2c1.CC1[C-]=CC(C(C)(C)C)=C1.[Zr+2]=[C]1CCCCC1. The Bertz CT molecular complexity index is 1230. The van der Waals surface area contributed by atoms with Crippen LogP contribution in [0.15, 0.2) is 60.2 Å². The summed E-state index contributed by atoms with van der Waals surface area (Å²) in [6, 6.07) is 16.1. The molecule has 0 aliphatic heterocycles. The Morgan fingerprint density at radius 2 is 1.18 bits per heavy atom. The average molecular weight is 586 g/mol. The van der Waals surface area contributed by atoms with Crippen molar-refractivity contribution in [1.82, 2.24) is 0 Å². The summed E-state index contributed by atoms with van der Waals surface area (Å²) in [6.07, 6.45) is 15.0. The van der Waals surface area contributed by atoms with Gasteiger partial charge in [-0.3, -0.25) is 6.08 Å². The molecule has 0 bridgehead atoms. The van der Waals surface area contributed by atoms with Crippen molar-refractivity contribution in [3.63, 3.8) is 0 Å². The van der Waals surface area contributed by atoms with Gasteiger partial charge in [-0.05, 0) is 10.8 Å². The third kappa shape index (κ3) is 8.52. The molecule has 2 aliphatic rings. The zero-order valence-electron chi connectivity index (χ0n) is 25.8. The van der Waals surface area contributed by atoms with Gasteiger partial charge in [-0.2, -0.15) is 11.6 Å². The second-order valence-corrected chi connectivity index (χ2v) is 16.1. The molecule has 0 spiro atoms. The number of hydrogen-bond donors (Lipinski definition) is 0. The number of allylic oxidation sites excluding steroid dienone is 4. The van der Waals surface area contributed by atoms with Crippen molar-refractivity contribution in [2.75, 3.05) is 0 Å². The van der Waals surface area contributed by atoms with E-state index in [1.165, 1.54) is 70.3 Å². The summed E-state index contributed by atoms with van der Waals surface area (Å²) in [5, 5.41) is 5.49. The molecule has 5 rings (SSSR count). The fraction of sp³-hybridized carbons (Fsp3) is 0.514.